The molecule has 1 aliphatic rings. The highest BCUT2D eigenvalue weighted by Gasteiger charge is 2.30. The van der Waals surface area contributed by atoms with Gasteiger partial charge in [0.1, 0.15) is 0 Å². The Bertz CT molecular complexity index is 990. The first-order valence-corrected chi connectivity index (χ1v) is 9.33. The predicted octanol–water partition coefficient (Wildman–Crippen LogP) is -0.702. The number of aromatic nitrogens is 4. The first-order chi connectivity index (χ1) is 11.8. The second-order valence-electron chi connectivity index (χ2n) is 5.84. The number of hydrogen-bond donors (Lipinski definition) is 3. The average Bonchev–Trinajstić information content (AvgIpc) is 2.85. The summed E-state index contributed by atoms with van der Waals surface area (Å²) in [6.45, 7) is 2.59. The van der Waals surface area contributed by atoms with Crippen LogP contribution in [0.25, 0.3) is 0 Å². The van der Waals surface area contributed by atoms with Gasteiger partial charge in [0.2, 0.25) is 10.0 Å². The normalized spacial score (nSPS) is 17.0. The number of aryl methyl sites for hydroxylation is 1. The number of aliphatic hydroxyl groups excluding tert-OH is 1. The van der Waals surface area contributed by atoms with Crippen LogP contribution in [0.5, 0.6) is 0 Å². The fourth-order valence-electron chi connectivity index (χ4n) is 2.76. The van der Waals surface area contributed by atoms with E-state index in [0.29, 0.717) is 30.8 Å². The summed E-state index contributed by atoms with van der Waals surface area (Å²) in [5, 5.41) is 14.3. The van der Waals surface area contributed by atoms with Crippen molar-refractivity contribution in [2.45, 2.75) is 43.9 Å². The van der Waals surface area contributed by atoms with Crippen LogP contribution in [-0.4, -0.2) is 44.1 Å². The van der Waals surface area contributed by atoms with Crippen LogP contribution in [-0.2, 0) is 23.1 Å². The summed E-state index contributed by atoms with van der Waals surface area (Å²) in [5.41, 5.74) is -0.581. The number of hydrogen-bond acceptors (Lipinski definition) is 6. The van der Waals surface area contributed by atoms with Crippen molar-refractivity contribution in [3.8, 4) is 0 Å². The maximum absolute atomic E-state index is 12.8. The van der Waals surface area contributed by atoms with Crippen molar-refractivity contribution in [2.75, 3.05) is 6.54 Å². The Morgan fingerprint density at radius 2 is 2.12 bits per heavy atom. The molecule has 1 aliphatic heterocycles. The third kappa shape index (κ3) is 3.30. The van der Waals surface area contributed by atoms with Gasteiger partial charge in [0.05, 0.1) is 24.0 Å². The van der Waals surface area contributed by atoms with Gasteiger partial charge in [0, 0.05) is 19.3 Å². The highest BCUT2D eigenvalue weighted by Crippen LogP contribution is 2.22. The van der Waals surface area contributed by atoms with Crippen molar-refractivity contribution in [1.82, 2.24) is 24.1 Å². The first kappa shape index (κ1) is 17.6. The van der Waals surface area contributed by atoms with Crippen LogP contribution < -0.4 is 11.2 Å². The molecule has 0 spiro atoms. The summed E-state index contributed by atoms with van der Waals surface area (Å²) in [7, 11) is -4.08. The minimum atomic E-state index is -4.08. The fourth-order valence-corrected chi connectivity index (χ4v) is 4.20. The monoisotopic (exact) mass is 369 g/mol. The molecule has 0 aromatic carbocycles. The van der Waals surface area contributed by atoms with Crippen LogP contribution >= 0.6 is 0 Å². The molecule has 25 heavy (non-hydrogen) atoms. The topological polar surface area (TPSA) is 141 Å². The average molecular weight is 369 g/mol. The molecular formula is C14H19N5O5S. The maximum Gasteiger partial charge on any atom is 0.325 e. The quantitative estimate of drug-likeness (QED) is 0.651. The number of nitrogens with one attached hydrogen (secondary N) is 2. The lowest BCUT2D eigenvalue weighted by Crippen LogP contribution is -2.36. The highest BCUT2D eigenvalue weighted by atomic mass is 32.2. The lowest BCUT2D eigenvalue weighted by atomic mass is 10.2. The van der Waals surface area contributed by atoms with Gasteiger partial charge < -0.3 is 10.1 Å². The van der Waals surface area contributed by atoms with Gasteiger partial charge in [0.15, 0.2) is 4.90 Å². The zero-order chi connectivity index (χ0) is 18.2. The van der Waals surface area contributed by atoms with E-state index in [1.807, 2.05) is 11.9 Å². The highest BCUT2D eigenvalue weighted by molar-refractivity contribution is 7.89. The summed E-state index contributed by atoms with van der Waals surface area (Å²) in [5.74, 6) is 0. The van der Waals surface area contributed by atoms with Crippen molar-refractivity contribution in [2.24, 2.45) is 0 Å². The van der Waals surface area contributed by atoms with E-state index in [1.165, 1.54) is 4.31 Å². The van der Waals surface area contributed by atoms with E-state index >= 15 is 0 Å². The number of nitrogens with zero attached hydrogens (tertiary/aromatic N) is 3. The molecule has 10 nitrogen and oxygen atoms in total. The van der Waals surface area contributed by atoms with Gasteiger partial charge in [-0.2, -0.15) is 9.40 Å². The SMILES string of the molecule is CC[C@@H](O)c1cc2n(n1)CCCN(S(=O)(=O)c1c[nH]c(=O)[nH]c1=O)C2. The van der Waals surface area contributed by atoms with Crippen LogP contribution in [0.2, 0.25) is 0 Å². The standard InChI is InChI=1S/C14H19N5O5S/c1-2-11(20)10-6-9-8-18(4-3-5-19(9)17-10)25(23,24)12-7-15-14(22)16-13(12)21/h6-7,11,20H,2-5,8H2,1H3,(H2,15,16,21,22)/t11-/m1/s1. The molecule has 0 fully saturated rings. The Morgan fingerprint density at radius 1 is 1.36 bits per heavy atom. The third-order valence-corrected chi connectivity index (χ3v) is 5.98. The fraction of sp³-hybridized carbons (Fsp3) is 0.500. The number of aliphatic hydroxyl groups is 1. The van der Waals surface area contributed by atoms with Gasteiger partial charge in [-0.05, 0) is 18.9 Å². The number of aromatic amines is 2. The Morgan fingerprint density at radius 3 is 2.80 bits per heavy atom. The van der Waals surface area contributed by atoms with Crippen LogP contribution in [0.4, 0.5) is 0 Å². The Balaban J connectivity index is 1.96. The van der Waals surface area contributed by atoms with Crippen molar-refractivity contribution < 1.29 is 13.5 Å². The van der Waals surface area contributed by atoms with Gasteiger partial charge >= 0.3 is 5.69 Å². The molecule has 2 aromatic rings. The van der Waals surface area contributed by atoms with Gasteiger partial charge in [-0.3, -0.25) is 14.5 Å². The molecule has 2 aromatic heterocycles. The summed E-state index contributed by atoms with van der Waals surface area (Å²) in [4.78, 5) is 26.6. The van der Waals surface area contributed by atoms with Crippen LogP contribution in [0, 0.1) is 0 Å². The largest absolute Gasteiger partial charge is 0.387 e. The van der Waals surface area contributed by atoms with E-state index in [9.17, 15) is 23.1 Å². The molecule has 0 saturated carbocycles. The summed E-state index contributed by atoms with van der Waals surface area (Å²) in [6.07, 6.45) is 1.22. The van der Waals surface area contributed by atoms with Gasteiger partial charge in [-0.25, -0.2) is 13.2 Å². The van der Waals surface area contributed by atoms with Crippen LogP contribution in [0.1, 0.15) is 37.3 Å². The van der Waals surface area contributed by atoms with Gasteiger partial charge in [0.25, 0.3) is 5.56 Å². The zero-order valence-electron chi connectivity index (χ0n) is 13.6. The second-order valence-corrected chi connectivity index (χ2v) is 7.74. The zero-order valence-corrected chi connectivity index (χ0v) is 14.4. The smallest absolute Gasteiger partial charge is 0.325 e. The maximum atomic E-state index is 12.8. The Hall–Kier alpha value is -2.24. The second kappa shape index (κ2) is 6.58. The van der Waals surface area contributed by atoms with Crippen LogP contribution in [0.3, 0.4) is 0 Å². The van der Waals surface area contributed by atoms with Gasteiger partial charge in [-0.1, -0.05) is 6.92 Å². The molecule has 3 N–H and O–H groups in total. The van der Waals surface area contributed by atoms with Crippen molar-refractivity contribution in [3.05, 3.63) is 44.5 Å². The molecule has 3 heterocycles. The minimum Gasteiger partial charge on any atom is -0.387 e. The Kier molecular flexibility index (Phi) is 4.62. The molecule has 3 rings (SSSR count). The number of fused-ring (bicyclic) bond motifs is 1. The summed E-state index contributed by atoms with van der Waals surface area (Å²) < 4.78 is 28.4. The molecule has 0 amide bonds. The summed E-state index contributed by atoms with van der Waals surface area (Å²) >= 11 is 0. The van der Waals surface area contributed by atoms with E-state index in [1.54, 1.807) is 10.7 Å². The van der Waals surface area contributed by atoms with E-state index in [0.717, 1.165) is 6.20 Å². The predicted molar refractivity (Wildman–Crippen MR) is 87.4 cm³/mol. The number of H-pyrrole nitrogens is 2. The van der Waals surface area contributed by atoms with E-state index < -0.39 is 32.3 Å². The van der Waals surface area contributed by atoms with Crippen LogP contribution in [0.15, 0.2) is 26.7 Å². The lowest BCUT2D eigenvalue weighted by Gasteiger charge is -2.18. The summed E-state index contributed by atoms with van der Waals surface area (Å²) in [6, 6.07) is 1.68. The van der Waals surface area contributed by atoms with E-state index in [-0.39, 0.29) is 13.1 Å². The lowest BCUT2D eigenvalue weighted by molar-refractivity contribution is 0.167. The number of sulfonamides is 1. The molecule has 1 atom stereocenters. The van der Waals surface area contributed by atoms with E-state index in [2.05, 4.69) is 10.1 Å². The molecule has 11 heteroatoms. The molecular weight excluding hydrogens is 350 g/mol. The molecule has 0 aliphatic carbocycles. The van der Waals surface area contributed by atoms with E-state index in [4.69, 9.17) is 0 Å². The first-order valence-electron chi connectivity index (χ1n) is 7.89. The minimum absolute atomic E-state index is 0.0321. The van der Waals surface area contributed by atoms with Crippen molar-refractivity contribution in [3.63, 3.8) is 0 Å². The molecule has 136 valence electrons. The van der Waals surface area contributed by atoms with Crippen molar-refractivity contribution in [1.29, 1.82) is 0 Å². The van der Waals surface area contributed by atoms with Crippen molar-refractivity contribution >= 4 is 10.0 Å². The van der Waals surface area contributed by atoms with Gasteiger partial charge in [-0.15, -0.1) is 0 Å². The molecule has 0 saturated heterocycles. The molecule has 0 bridgehead atoms. The third-order valence-electron chi connectivity index (χ3n) is 4.13. The molecule has 0 unspecified atom stereocenters. The molecule has 0 radical (unpaired) electrons. The number of rotatable bonds is 4. The Labute approximate surface area is 143 Å².